The van der Waals surface area contributed by atoms with Crippen molar-refractivity contribution in [1.82, 2.24) is 5.32 Å². The van der Waals surface area contributed by atoms with E-state index in [1.165, 1.54) is 0 Å². The monoisotopic (exact) mass is 334 g/mol. The van der Waals surface area contributed by atoms with E-state index in [2.05, 4.69) is 10.6 Å². The van der Waals surface area contributed by atoms with E-state index in [0.717, 1.165) is 11.3 Å². The molecule has 0 unspecified atom stereocenters. The molecule has 0 saturated heterocycles. The van der Waals surface area contributed by atoms with Crippen molar-refractivity contribution in [3.05, 3.63) is 58.6 Å². The predicted octanol–water partition coefficient (Wildman–Crippen LogP) is 3.78. The number of ether oxygens (including phenoxy) is 1. The molecule has 6 heteroatoms. The molecule has 0 bridgehead atoms. The largest absolute Gasteiger partial charge is 0.497 e. The van der Waals surface area contributed by atoms with Crippen LogP contribution in [0.5, 0.6) is 5.75 Å². The second-order valence-electron chi connectivity index (χ2n) is 4.60. The quantitative estimate of drug-likeness (QED) is 0.839. The van der Waals surface area contributed by atoms with E-state index in [-0.39, 0.29) is 11.0 Å². The van der Waals surface area contributed by atoms with E-state index >= 15 is 0 Å². The Morgan fingerprint density at radius 2 is 1.86 bits per heavy atom. The van der Waals surface area contributed by atoms with Crippen molar-refractivity contribution in [2.24, 2.45) is 0 Å². The standard InChI is InChI=1S/C16H15ClN2O2S/c1-10-3-6-12(9-14(10)17)18-16(22)19-15(20)11-4-7-13(21-2)8-5-11/h3-9H,1-2H3,(H2,18,19,20,22). The fourth-order valence-electron chi connectivity index (χ4n) is 1.75. The van der Waals surface area contributed by atoms with Crippen molar-refractivity contribution in [2.45, 2.75) is 6.92 Å². The van der Waals surface area contributed by atoms with Crippen molar-refractivity contribution in [2.75, 3.05) is 12.4 Å². The summed E-state index contributed by atoms with van der Waals surface area (Å²) < 4.78 is 5.05. The van der Waals surface area contributed by atoms with Gasteiger partial charge in [0.1, 0.15) is 5.75 Å². The third-order valence-electron chi connectivity index (χ3n) is 3.01. The van der Waals surface area contributed by atoms with Crippen molar-refractivity contribution in [1.29, 1.82) is 0 Å². The van der Waals surface area contributed by atoms with E-state index in [1.54, 1.807) is 37.4 Å². The molecule has 0 aliphatic carbocycles. The summed E-state index contributed by atoms with van der Waals surface area (Å²) in [5.41, 5.74) is 2.18. The molecule has 2 rings (SSSR count). The summed E-state index contributed by atoms with van der Waals surface area (Å²) in [7, 11) is 1.57. The average Bonchev–Trinajstić information content (AvgIpc) is 2.51. The number of nitrogens with one attached hydrogen (secondary N) is 2. The number of halogens is 1. The second kappa shape index (κ2) is 7.24. The first-order valence-corrected chi connectivity index (χ1v) is 7.31. The van der Waals surface area contributed by atoms with Gasteiger partial charge in [-0.05, 0) is 61.1 Å². The number of amides is 1. The number of thiocarbonyl (C=S) groups is 1. The lowest BCUT2D eigenvalue weighted by Crippen LogP contribution is -2.34. The first-order valence-electron chi connectivity index (χ1n) is 6.52. The molecule has 1 amide bonds. The highest BCUT2D eigenvalue weighted by Crippen LogP contribution is 2.19. The molecular formula is C16H15ClN2O2S. The Hall–Kier alpha value is -2.11. The Bertz CT molecular complexity index is 702. The molecule has 0 saturated carbocycles. The van der Waals surface area contributed by atoms with E-state index in [1.807, 2.05) is 19.1 Å². The van der Waals surface area contributed by atoms with Crippen molar-refractivity contribution in [3.63, 3.8) is 0 Å². The average molecular weight is 335 g/mol. The summed E-state index contributed by atoms with van der Waals surface area (Å²) in [6, 6.07) is 12.2. The van der Waals surface area contributed by atoms with Crippen LogP contribution in [0.25, 0.3) is 0 Å². The Morgan fingerprint density at radius 1 is 1.18 bits per heavy atom. The van der Waals surface area contributed by atoms with E-state index in [9.17, 15) is 4.79 Å². The number of methoxy groups -OCH3 is 1. The molecule has 0 aliphatic rings. The SMILES string of the molecule is COc1ccc(C(=O)NC(=S)Nc2ccc(C)c(Cl)c2)cc1. The van der Waals surface area contributed by atoms with Crippen molar-refractivity contribution in [3.8, 4) is 5.75 Å². The number of anilines is 1. The summed E-state index contributed by atoms with van der Waals surface area (Å²) in [5.74, 6) is 0.393. The van der Waals surface area contributed by atoms with Gasteiger partial charge in [-0.1, -0.05) is 17.7 Å². The Balaban J connectivity index is 1.98. The van der Waals surface area contributed by atoms with Crippen LogP contribution in [0, 0.1) is 6.92 Å². The molecule has 114 valence electrons. The van der Waals surface area contributed by atoms with Gasteiger partial charge in [-0.3, -0.25) is 10.1 Å². The van der Waals surface area contributed by atoms with Gasteiger partial charge in [0.2, 0.25) is 0 Å². The van der Waals surface area contributed by atoms with Gasteiger partial charge in [-0.2, -0.15) is 0 Å². The molecule has 2 aromatic rings. The summed E-state index contributed by atoms with van der Waals surface area (Å²) in [6.45, 7) is 1.91. The molecule has 2 aromatic carbocycles. The van der Waals surface area contributed by atoms with Gasteiger partial charge < -0.3 is 10.1 Å². The maximum Gasteiger partial charge on any atom is 0.257 e. The zero-order valence-corrected chi connectivity index (χ0v) is 13.7. The zero-order valence-electron chi connectivity index (χ0n) is 12.1. The van der Waals surface area contributed by atoms with Crippen LogP contribution >= 0.6 is 23.8 Å². The lowest BCUT2D eigenvalue weighted by molar-refractivity contribution is 0.0977. The number of aryl methyl sites for hydroxylation is 1. The van der Waals surface area contributed by atoms with Gasteiger partial charge in [0.25, 0.3) is 5.91 Å². The first kappa shape index (κ1) is 16.3. The maximum atomic E-state index is 12.1. The van der Waals surface area contributed by atoms with Crippen LogP contribution in [-0.2, 0) is 0 Å². The number of hydrogen-bond donors (Lipinski definition) is 2. The molecule has 0 spiro atoms. The number of carbonyl (C=O) groups excluding carboxylic acids is 1. The number of rotatable bonds is 3. The van der Waals surface area contributed by atoms with Gasteiger partial charge in [0, 0.05) is 16.3 Å². The molecule has 22 heavy (non-hydrogen) atoms. The minimum atomic E-state index is -0.293. The fourth-order valence-corrected chi connectivity index (χ4v) is 2.14. The highest BCUT2D eigenvalue weighted by molar-refractivity contribution is 7.80. The number of carbonyl (C=O) groups is 1. The van der Waals surface area contributed by atoms with Gasteiger partial charge in [-0.25, -0.2) is 0 Å². The van der Waals surface area contributed by atoms with E-state index in [0.29, 0.717) is 16.3 Å². The normalized spacial score (nSPS) is 9.95. The zero-order chi connectivity index (χ0) is 16.1. The lowest BCUT2D eigenvalue weighted by Gasteiger charge is -2.10. The van der Waals surface area contributed by atoms with Gasteiger partial charge in [0.05, 0.1) is 7.11 Å². The van der Waals surface area contributed by atoms with Gasteiger partial charge in [0.15, 0.2) is 5.11 Å². The van der Waals surface area contributed by atoms with Crippen LogP contribution in [0.1, 0.15) is 15.9 Å². The molecule has 0 aliphatic heterocycles. The predicted molar refractivity (Wildman–Crippen MR) is 92.9 cm³/mol. The van der Waals surface area contributed by atoms with Crippen LogP contribution in [0.4, 0.5) is 5.69 Å². The second-order valence-corrected chi connectivity index (χ2v) is 5.42. The molecule has 0 fully saturated rings. The molecule has 2 N–H and O–H groups in total. The number of hydrogen-bond acceptors (Lipinski definition) is 3. The van der Waals surface area contributed by atoms with Crippen LogP contribution < -0.4 is 15.4 Å². The van der Waals surface area contributed by atoms with E-state index in [4.69, 9.17) is 28.6 Å². The number of benzene rings is 2. The summed E-state index contributed by atoms with van der Waals surface area (Å²) in [5, 5.41) is 6.38. The minimum Gasteiger partial charge on any atom is -0.497 e. The highest BCUT2D eigenvalue weighted by atomic mass is 35.5. The van der Waals surface area contributed by atoms with Gasteiger partial charge >= 0.3 is 0 Å². The highest BCUT2D eigenvalue weighted by Gasteiger charge is 2.08. The summed E-state index contributed by atoms with van der Waals surface area (Å²) in [6.07, 6.45) is 0. The summed E-state index contributed by atoms with van der Waals surface area (Å²) in [4.78, 5) is 12.1. The summed E-state index contributed by atoms with van der Waals surface area (Å²) >= 11 is 11.2. The maximum absolute atomic E-state index is 12.1. The lowest BCUT2D eigenvalue weighted by atomic mass is 10.2. The Morgan fingerprint density at radius 3 is 2.45 bits per heavy atom. The third-order valence-corrected chi connectivity index (χ3v) is 3.62. The molecular weight excluding hydrogens is 320 g/mol. The van der Waals surface area contributed by atoms with Crippen molar-refractivity contribution >= 4 is 40.5 Å². The van der Waals surface area contributed by atoms with E-state index < -0.39 is 0 Å². The Kier molecular flexibility index (Phi) is 5.35. The van der Waals surface area contributed by atoms with Crippen LogP contribution in [0.15, 0.2) is 42.5 Å². The van der Waals surface area contributed by atoms with Crippen LogP contribution in [0.2, 0.25) is 5.02 Å². The molecule has 0 aromatic heterocycles. The third kappa shape index (κ3) is 4.19. The topological polar surface area (TPSA) is 50.4 Å². The fraction of sp³-hybridized carbons (Fsp3) is 0.125. The molecule has 0 atom stereocenters. The van der Waals surface area contributed by atoms with Crippen molar-refractivity contribution < 1.29 is 9.53 Å². The molecule has 4 nitrogen and oxygen atoms in total. The van der Waals surface area contributed by atoms with Gasteiger partial charge in [-0.15, -0.1) is 0 Å². The first-order chi connectivity index (χ1) is 10.5. The molecule has 0 radical (unpaired) electrons. The van der Waals surface area contributed by atoms with Crippen LogP contribution in [-0.4, -0.2) is 18.1 Å². The Labute approximate surface area is 139 Å². The smallest absolute Gasteiger partial charge is 0.257 e. The van der Waals surface area contributed by atoms with Crippen LogP contribution in [0.3, 0.4) is 0 Å². The minimum absolute atomic E-state index is 0.209. The molecule has 0 heterocycles.